The lowest BCUT2D eigenvalue weighted by molar-refractivity contribution is 0.0541. The first-order chi connectivity index (χ1) is 12.1. The first-order valence-electron chi connectivity index (χ1n) is 8.82. The summed E-state index contributed by atoms with van der Waals surface area (Å²) in [6, 6.07) is 6.86. The molecule has 0 radical (unpaired) electrons. The van der Waals surface area contributed by atoms with Gasteiger partial charge in [0.2, 0.25) is 0 Å². The molecule has 2 N–H and O–H groups in total. The largest absolute Gasteiger partial charge is 0.443 e. The fraction of sp³-hybridized carbons (Fsp3) is 0.556. The fourth-order valence-electron chi connectivity index (χ4n) is 2.29. The van der Waals surface area contributed by atoms with Gasteiger partial charge in [0, 0.05) is 20.1 Å². The first-order valence-corrected chi connectivity index (χ1v) is 12.5. The van der Waals surface area contributed by atoms with E-state index in [2.05, 4.69) is 35.6 Å². The number of carbonyl (C=O) groups excluding carboxylic acids is 1. The number of fused-ring (bicyclic) bond motifs is 1. The zero-order chi connectivity index (χ0) is 19.4. The Kier molecular flexibility index (Phi) is 6.30. The van der Waals surface area contributed by atoms with Crippen molar-refractivity contribution < 1.29 is 14.3 Å². The molecule has 2 aromatic rings. The van der Waals surface area contributed by atoms with Crippen LogP contribution in [0, 0.1) is 0 Å². The lowest BCUT2D eigenvalue weighted by Crippen LogP contribution is -2.35. The zero-order valence-corrected chi connectivity index (χ0v) is 17.5. The van der Waals surface area contributed by atoms with Crippen molar-refractivity contribution >= 4 is 30.8 Å². The Morgan fingerprint density at radius 2 is 2.00 bits per heavy atom. The average Bonchev–Trinajstić information content (AvgIpc) is 2.91. The van der Waals surface area contributed by atoms with E-state index in [4.69, 9.17) is 9.47 Å². The smallest absolute Gasteiger partial charge is 0.426 e. The molecule has 0 aliphatic heterocycles. The number of nitrogens with one attached hydrogen (secondary N) is 2. The third-order valence-corrected chi connectivity index (χ3v) is 5.27. The summed E-state index contributed by atoms with van der Waals surface area (Å²) in [4.78, 5) is 11.9. The van der Waals surface area contributed by atoms with Crippen LogP contribution in [0.1, 0.15) is 20.8 Å². The number of aromatic nitrogens is 2. The number of benzene rings is 1. The van der Waals surface area contributed by atoms with E-state index in [0.29, 0.717) is 6.73 Å². The van der Waals surface area contributed by atoms with Gasteiger partial charge in [0.1, 0.15) is 12.3 Å². The van der Waals surface area contributed by atoms with Gasteiger partial charge in [-0.2, -0.15) is 5.10 Å². The van der Waals surface area contributed by atoms with Crippen LogP contribution in [0.5, 0.6) is 0 Å². The summed E-state index contributed by atoms with van der Waals surface area (Å²) in [6.07, 6.45) is 1.25. The molecule has 8 heteroatoms. The van der Waals surface area contributed by atoms with Gasteiger partial charge in [-0.1, -0.05) is 31.8 Å². The van der Waals surface area contributed by atoms with E-state index in [1.807, 2.05) is 39.0 Å². The summed E-state index contributed by atoms with van der Waals surface area (Å²) in [5, 5.41) is 5.36. The van der Waals surface area contributed by atoms with Gasteiger partial charge >= 0.3 is 6.09 Å². The Morgan fingerprint density at radius 1 is 1.27 bits per heavy atom. The van der Waals surface area contributed by atoms with E-state index in [1.165, 1.54) is 0 Å². The van der Waals surface area contributed by atoms with E-state index in [-0.39, 0.29) is 0 Å². The van der Waals surface area contributed by atoms with Gasteiger partial charge in [0.25, 0.3) is 0 Å². The van der Waals surface area contributed by atoms with Crippen LogP contribution in [-0.2, 0) is 16.2 Å². The molecule has 0 aliphatic rings. The van der Waals surface area contributed by atoms with Crippen LogP contribution in [0.2, 0.25) is 25.7 Å². The maximum Gasteiger partial charge on any atom is 0.426 e. The number of rotatable bonds is 7. The maximum absolute atomic E-state index is 11.9. The van der Waals surface area contributed by atoms with Crippen LogP contribution in [0.15, 0.2) is 24.4 Å². The van der Waals surface area contributed by atoms with Crippen molar-refractivity contribution in [3.63, 3.8) is 0 Å². The van der Waals surface area contributed by atoms with Crippen LogP contribution in [0.25, 0.3) is 10.9 Å². The molecule has 0 unspecified atom stereocenters. The van der Waals surface area contributed by atoms with Crippen LogP contribution in [-0.4, -0.2) is 36.2 Å². The second-order valence-electron chi connectivity index (χ2n) is 8.49. The molecule has 7 nitrogen and oxygen atoms in total. The number of hydrazine groups is 1. The van der Waals surface area contributed by atoms with Crippen molar-refractivity contribution in [1.29, 1.82) is 0 Å². The molecule has 0 spiro atoms. The Morgan fingerprint density at radius 3 is 2.65 bits per heavy atom. The van der Waals surface area contributed by atoms with Gasteiger partial charge in [-0.05, 0) is 32.9 Å². The lowest BCUT2D eigenvalue weighted by atomic mass is 10.2. The second kappa shape index (κ2) is 8.09. The van der Waals surface area contributed by atoms with Gasteiger partial charge < -0.3 is 9.47 Å². The average molecular weight is 379 g/mol. The minimum Gasteiger partial charge on any atom is -0.443 e. The monoisotopic (exact) mass is 378 g/mol. The topological polar surface area (TPSA) is 77.4 Å². The minimum absolute atomic E-state index is 0.374. The number of amides is 1. The number of hydrogen-bond donors (Lipinski definition) is 2. The Bertz CT molecular complexity index is 747. The SMILES string of the molecule is CC(C)(C)OC(=O)NNc1cccc2cnn(COCC[Si](C)(C)C)c12. The number of hydrogen-bond acceptors (Lipinski definition) is 5. The fourth-order valence-corrected chi connectivity index (χ4v) is 3.05. The van der Waals surface area contributed by atoms with Crippen LogP contribution >= 0.6 is 0 Å². The lowest BCUT2D eigenvalue weighted by Gasteiger charge is -2.20. The molecule has 1 aromatic heterocycles. The van der Waals surface area contributed by atoms with Crippen LogP contribution in [0.3, 0.4) is 0 Å². The Balaban J connectivity index is 2.03. The third kappa shape index (κ3) is 6.34. The number of anilines is 1. The van der Waals surface area contributed by atoms with Crippen molar-refractivity contribution in [1.82, 2.24) is 15.2 Å². The van der Waals surface area contributed by atoms with Gasteiger partial charge in [-0.3, -0.25) is 5.43 Å². The molecule has 1 aromatic carbocycles. The molecule has 1 amide bonds. The summed E-state index contributed by atoms with van der Waals surface area (Å²) < 4.78 is 12.8. The molecule has 0 atom stereocenters. The number of para-hydroxylation sites is 1. The Hall–Kier alpha value is -2.06. The van der Waals surface area contributed by atoms with E-state index >= 15 is 0 Å². The van der Waals surface area contributed by atoms with Crippen molar-refractivity contribution in [2.45, 2.75) is 58.8 Å². The highest BCUT2D eigenvalue weighted by Crippen LogP contribution is 2.23. The van der Waals surface area contributed by atoms with Gasteiger partial charge in [-0.15, -0.1) is 0 Å². The van der Waals surface area contributed by atoms with E-state index in [1.54, 1.807) is 10.9 Å². The molecular formula is C18H30N4O3Si. The standard InChI is InChI=1S/C18H30N4O3Si/c1-18(2,3)25-17(23)21-20-15-9-7-8-14-12-19-22(16(14)15)13-24-10-11-26(4,5)6/h7-9,12,20H,10-11,13H2,1-6H3,(H,21,23). The van der Waals surface area contributed by atoms with E-state index in [9.17, 15) is 4.79 Å². The molecule has 0 bridgehead atoms. The second-order valence-corrected chi connectivity index (χ2v) is 14.1. The molecular weight excluding hydrogens is 348 g/mol. The predicted molar refractivity (Wildman–Crippen MR) is 107 cm³/mol. The molecule has 26 heavy (non-hydrogen) atoms. The molecule has 0 fully saturated rings. The highest BCUT2D eigenvalue weighted by molar-refractivity contribution is 6.76. The summed E-state index contributed by atoms with van der Waals surface area (Å²) in [5.74, 6) is 0. The minimum atomic E-state index is -1.12. The first kappa shape index (κ1) is 20.3. The molecule has 144 valence electrons. The van der Waals surface area contributed by atoms with E-state index < -0.39 is 19.8 Å². The van der Waals surface area contributed by atoms with E-state index in [0.717, 1.165) is 29.2 Å². The predicted octanol–water partition coefficient (Wildman–Crippen LogP) is 4.20. The summed E-state index contributed by atoms with van der Waals surface area (Å²) in [5.41, 5.74) is 6.54. The third-order valence-electron chi connectivity index (χ3n) is 3.57. The molecule has 0 saturated carbocycles. The summed E-state index contributed by atoms with van der Waals surface area (Å²) in [7, 11) is -1.12. The normalized spacial score (nSPS) is 12.2. The summed E-state index contributed by atoms with van der Waals surface area (Å²) in [6.45, 7) is 13.5. The molecule has 0 aliphatic carbocycles. The number of carbonyl (C=O) groups is 1. The maximum atomic E-state index is 11.9. The number of nitrogens with zero attached hydrogens (tertiary/aromatic N) is 2. The van der Waals surface area contributed by atoms with Gasteiger partial charge in [0.05, 0.1) is 17.4 Å². The van der Waals surface area contributed by atoms with Crippen LogP contribution < -0.4 is 10.9 Å². The Labute approximate surface area is 156 Å². The van der Waals surface area contributed by atoms with Crippen molar-refractivity contribution in [2.24, 2.45) is 0 Å². The number of ether oxygens (including phenoxy) is 2. The van der Waals surface area contributed by atoms with Gasteiger partial charge in [-0.25, -0.2) is 14.9 Å². The zero-order valence-electron chi connectivity index (χ0n) is 16.5. The van der Waals surface area contributed by atoms with Crippen molar-refractivity contribution in [3.8, 4) is 0 Å². The summed E-state index contributed by atoms with van der Waals surface area (Å²) >= 11 is 0. The molecule has 1 heterocycles. The van der Waals surface area contributed by atoms with Crippen molar-refractivity contribution in [3.05, 3.63) is 24.4 Å². The highest BCUT2D eigenvalue weighted by atomic mass is 28.3. The molecule has 0 saturated heterocycles. The van der Waals surface area contributed by atoms with Crippen molar-refractivity contribution in [2.75, 3.05) is 12.0 Å². The van der Waals surface area contributed by atoms with Crippen LogP contribution in [0.4, 0.5) is 10.5 Å². The highest BCUT2D eigenvalue weighted by Gasteiger charge is 2.17. The molecule has 2 rings (SSSR count). The quantitative estimate of drug-likeness (QED) is 0.429. The van der Waals surface area contributed by atoms with Gasteiger partial charge in [0.15, 0.2) is 0 Å².